The highest BCUT2D eigenvalue weighted by molar-refractivity contribution is 5.86. The molecule has 0 spiro atoms. The van der Waals surface area contributed by atoms with Crippen molar-refractivity contribution in [2.75, 3.05) is 12.4 Å². The average Bonchev–Trinajstić information content (AvgIpc) is 2.61. The fraction of sp³-hybridized carbons (Fsp3) is 0.357. The van der Waals surface area contributed by atoms with Crippen molar-refractivity contribution in [1.82, 2.24) is 0 Å². The van der Waals surface area contributed by atoms with Gasteiger partial charge in [0.2, 0.25) is 5.83 Å². The van der Waals surface area contributed by atoms with E-state index in [2.05, 4.69) is 9.47 Å². The van der Waals surface area contributed by atoms with Crippen molar-refractivity contribution in [3.05, 3.63) is 36.1 Å². The minimum absolute atomic E-state index is 0.585. The van der Waals surface area contributed by atoms with E-state index in [0.29, 0.717) is 6.07 Å². The van der Waals surface area contributed by atoms with Gasteiger partial charge in [-0.2, -0.15) is 48.3 Å². The van der Waals surface area contributed by atoms with Crippen LogP contribution in [0, 0.1) is 0 Å². The Morgan fingerprint density at radius 3 is 1.90 bits per heavy atom. The number of para-hydroxylation sites is 2. The van der Waals surface area contributed by atoms with Crippen LogP contribution in [0.5, 0.6) is 5.75 Å². The minimum Gasteiger partial charge on any atom is -0.453 e. The molecule has 1 rings (SSSR count). The molecule has 0 atom stereocenters. The quantitative estimate of drug-likeness (QED) is 0.442. The zero-order valence-corrected chi connectivity index (χ0v) is 13.7. The predicted octanol–water partition coefficient (Wildman–Crippen LogP) is 5.82. The predicted molar refractivity (Wildman–Crippen MR) is 73.2 cm³/mol. The lowest BCUT2D eigenvalue weighted by Gasteiger charge is -2.32. The van der Waals surface area contributed by atoms with Gasteiger partial charge in [0.15, 0.2) is 5.75 Å². The molecule has 0 heterocycles. The van der Waals surface area contributed by atoms with E-state index in [4.69, 9.17) is 0 Å². The third-order valence-corrected chi connectivity index (χ3v) is 3.10. The van der Waals surface area contributed by atoms with E-state index in [0.717, 1.165) is 25.3 Å². The maximum absolute atomic E-state index is 13.6. The monoisotopic (exact) mass is 447 g/mol. The Kier molecular flexibility index (Phi) is 6.66. The van der Waals surface area contributed by atoms with Gasteiger partial charge in [0.25, 0.3) is 0 Å². The summed E-state index contributed by atoms with van der Waals surface area (Å²) >= 11 is 0. The molecular weight excluding hydrogens is 439 g/mol. The van der Waals surface area contributed by atoms with Gasteiger partial charge in [0.05, 0.1) is 12.8 Å². The zero-order chi connectivity index (χ0) is 22.8. The van der Waals surface area contributed by atoms with Crippen molar-refractivity contribution in [2.24, 2.45) is 0 Å². The van der Waals surface area contributed by atoms with Gasteiger partial charge in [-0.3, -0.25) is 5.32 Å². The summed E-state index contributed by atoms with van der Waals surface area (Å²) in [4.78, 5) is 11.1. The second kappa shape index (κ2) is 7.94. The minimum atomic E-state index is -7.43. The molecule has 4 nitrogen and oxygen atoms in total. The molecule has 1 amide bonds. The Labute approximate surface area is 153 Å². The maximum atomic E-state index is 13.6. The van der Waals surface area contributed by atoms with Gasteiger partial charge in [-0.1, -0.05) is 12.1 Å². The number of carbonyl (C=O) groups is 1. The zero-order valence-electron chi connectivity index (χ0n) is 13.7. The molecule has 0 aliphatic carbocycles. The molecule has 0 fully saturated rings. The summed E-state index contributed by atoms with van der Waals surface area (Å²) in [6.07, 6.45) is -8.44. The molecule has 0 bridgehead atoms. The van der Waals surface area contributed by atoms with Crippen molar-refractivity contribution in [2.45, 2.75) is 23.9 Å². The van der Waals surface area contributed by atoms with Gasteiger partial charge in [-0.05, 0) is 12.1 Å². The number of amides is 1. The van der Waals surface area contributed by atoms with Gasteiger partial charge in [-0.25, -0.2) is 4.79 Å². The summed E-state index contributed by atoms with van der Waals surface area (Å²) in [6.45, 7) is 0. The first kappa shape index (κ1) is 24.3. The standard InChI is InChI=1S/C14H8F11NO3/c1-28-10(27)26-6-4-2-3-5-7(6)29-9(16)8(15)11(17,18)12(19,20)13(21,22)14(23,24)25/h2-5H,1H3,(H,26,27). The SMILES string of the molecule is COC(=O)Nc1ccccc1OC(F)=C(F)C(F)(F)C(F)(F)C(F)(F)C(F)(F)F. The van der Waals surface area contributed by atoms with E-state index in [1.807, 2.05) is 5.32 Å². The fourth-order valence-corrected chi connectivity index (χ4v) is 1.60. The second-order valence-electron chi connectivity index (χ2n) is 5.02. The lowest BCUT2D eigenvalue weighted by molar-refractivity contribution is -0.392. The Bertz CT molecular complexity index is 789. The smallest absolute Gasteiger partial charge is 0.453 e. The Morgan fingerprint density at radius 2 is 1.41 bits per heavy atom. The molecule has 0 saturated heterocycles. The van der Waals surface area contributed by atoms with Gasteiger partial charge in [0.1, 0.15) is 0 Å². The first-order valence-corrected chi connectivity index (χ1v) is 6.88. The molecule has 0 unspecified atom stereocenters. The summed E-state index contributed by atoms with van der Waals surface area (Å²) in [7, 11) is 0.864. The van der Waals surface area contributed by atoms with E-state index >= 15 is 0 Å². The highest BCUT2D eigenvalue weighted by Gasteiger charge is 2.83. The summed E-state index contributed by atoms with van der Waals surface area (Å²) in [6, 6.07) is 0.462. The van der Waals surface area contributed by atoms with Gasteiger partial charge in [-0.15, -0.1) is 0 Å². The molecule has 0 aliphatic rings. The number of halogens is 11. The first-order chi connectivity index (χ1) is 13.0. The molecule has 1 aromatic rings. The Morgan fingerprint density at radius 1 is 0.897 bits per heavy atom. The van der Waals surface area contributed by atoms with E-state index in [1.165, 1.54) is 0 Å². The molecule has 0 saturated carbocycles. The van der Waals surface area contributed by atoms with Crippen molar-refractivity contribution in [3.63, 3.8) is 0 Å². The number of alkyl halides is 9. The van der Waals surface area contributed by atoms with Crippen LogP contribution in [-0.2, 0) is 4.74 Å². The molecule has 1 aromatic carbocycles. The van der Waals surface area contributed by atoms with Crippen LogP contribution in [0.15, 0.2) is 36.1 Å². The summed E-state index contributed by atoms with van der Waals surface area (Å²) < 4.78 is 150. The molecule has 15 heteroatoms. The highest BCUT2D eigenvalue weighted by Crippen LogP contribution is 2.55. The molecule has 0 aliphatic heterocycles. The number of benzene rings is 1. The van der Waals surface area contributed by atoms with E-state index in [9.17, 15) is 53.1 Å². The van der Waals surface area contributed by atoms with E-state index in [-0.39, 0.29) is 0 Å². The number of methoxy groups -OCH3 is 1. The fourth-order valence-electron chi connectivity index (χ4n) is 1.60. The lowest BCUT2D eigenvalue weighted by atomic mass is 10.0. The van der Waals surface area contributed by atoms with Gasteiger partial charge < -0.3 is 9.47 Å². The van der Waals surface area contributed by atoms with Crippen molar-refractivity contribution < 1.29 is 62.6 Å². The van der Waals surface area contributed by atoms with Crippen LogP contribution in [0.3, 0.4) is 0 Å². The van der Waals surface area contributed by atoms with Gasteiger partial charge in [0, 0.05) is 0 Å². The maximum Gasteiger partial charge on any atom is 0.460 e. The number of anilines is 1. The average molecular weight is 447 g/mol. The van der Waals surface area contributed by atoms with Crippen LogP contribution in [-0.4, -0.2) is 37.1 Å². The van der Waals surface area contributed by atoms with Crippen LogP contribution in [0.4, 0.5) is 58.8 Å². The van der Waals surface area contributed by atoms with Crippen molar-refractivity contribution >= 4 is 11.8 Å². The van der Waals surface area contributed by atoms with Crippen LogP contribution in [0.25, 0.3) is 0 Å². The molecule has 1 N–H and O–H groups in total. The van der Waals surface area contributed by atoms with Crippen LogP contribution in [0.1, 0.15) is 0 Å². The molecule has 0 radical (unpaired) electrons. The third kappa shape index (κ3) is 4.48. The number of hydrogen-bond donors (Lipinski definition) is 1. The van der Waals surface area contributed by atoms with Crippen LogP contribution < -0.4 is 10.1 Å². The summed E-state index contributed by atoms with van der Waals surface area (Å²) in [5.74, 6) is -26.9. The Hall–Kier alpha value is -2.74. The number of allylic oxidation sites excluding steroid dienone is 1. The van der Waals surface area contributed by atoms with E-state index in [1.54, 1.807) is 0 Å². The second-order valence-corrected chi connectivity index (χ2v) is 5.02. The number of rotatable bonds is 6. The summed E-state index contributed by atoms with van der Waals surface area (Å²) in [5, 5.41) is 1.82. The largest absolute Gasteiger partial charge is 0.460 e. The number of hydrogen-bond acceptors (Lipinski definition) is 3. The molecule has 29 heavy (non-hydrogen) atoms. The first-order valence-electron chi connectivity index (χ1n) is 6.88. The number of carbonyl (C=O) groups excluding carboxylic acids is 1. The summed E-state index contributed by atoms with van der Waals surface area (Å²) in [5.41, 5.74) is -0.585. The van der Waals surface area contributed by atoms with E-state index < -0.39 is 53.3 Å². The highest BCUT2D eigenvalue weighted by atomic mass is 19.4. The van der Waals surface area contributed by atoms with Crippen LogP contribution >= 0.6 is 0 Å². The lowest BCUT2D eigenvalue weighted by Crippen LogP contribution is -2.61. The number of nitrogens with one attached hydrogen (secondary N) is 1. The molecule has 0 aromatic heterocycles. The molecular formula is C14H8F11NO3. The topological polar surface area (TPSA) is 47.6 Å². The normalized spacial score (nSPS) is 14.2. The van der Waals surface area contributed by atoms with Crippen LogP contribution in [0.2, 0.25) is 0 Å². The number of ether oxygens (including phenoxy) is 2. The van der Waals surface area contributed by atoms with Crippen molar-refractivity contribution in [3.8, 4) is 5.75 Å². The Balaban J connectivity index is 3.34. The van der Waals surface area contributed by atoms with Gasteiger partial charge >= 0.3 is 36.1 Å². The third-order valence-electron chi connectivity index (χ3n) is 3.10. The molecule has 164 valence electrons. The van der Waals surface area contributed by atoms with Crippen molar-refractivity contribution in [1.29, 1.82) is 0 Å².